The van der Waals surface area contributed by atoms with E-state index < -0.39 is 27.0 Å². The van der Waals surface area contributed by atoms with E-state index in [0.29, 0.717) is 29.4 Å². The van der Waals surface area contributed by atoms with Crippen molar-refractivity contribution >= 4 is 48.3 Å². The van der Waals surface area contributed by atoms with Gasteiger partial charge in [-0.05, 0) is 55.7 Å². The molecule has 1 N–H and O–H groups in total. The van der Waals surface area contributed by atoms with Crippen molar-refractivity contribution in [3.8, 4) is 0 Å². The predicted molar refractivity (Wildman–Crippen MR) is 141 cm³/mol. The van der Waals surface area contributed by atoms with Crippen molar-refractivity contribution in [3.63, 3.8) is 0 Å². The van der Waals surface area contributed by atoms with Gasteiger partial charge in [-0.2, -0.15) is 0 Å². The minimum atomic E-state index is -3.28. The van der Waals surface area contributed by atoms with Gasteiger partial charge in [-0.1, -0.05) is 47.3 Å². The summed E-state index contributed by atoms with van der Waals surface area (Å²) in [5.74, 6) is -0.481. The number of nitrogens with zero attached hydrogens (tertiary/aromatic N) is 2. The normalized spacial score (nSPS) is 14.8. The molecule has 0 atom stereocenters. The second-order valence-corrected chi connectivity index (χ2v) is 12.2. The monoisotopic (exact) mass is 561 g/mol. The smallest absolute Gasteiger partial charge is 0.325 e. The van der Waals surface area contributed by atoms with Gasteiger partial charge in [-0.15, -0.1) is 0 Å². The number of amides is 1. The lowest BCUT2D eigenvalue weighted by Crippen LogP contribution is -2.42. The van der Waals surface area contributed by atoms with Crippen molar-refractivity contribution in [3.05, 3.63) is 73.8 Å². The first kappa shape index (κ1) is 25.4. The fourth-order valence-corrected chi connectivity index (χ4v) is 6.79. The number of hydrogen-bond acceptors (Lipinski definition) is 5. The molecule has 0 saturated heterocycles. The van der Waals surface area contributed by atoms with Gasteiger partial charge in [0.2, 0.25) is 5.91 Å². The van der Waals surface area contributed by atoms with E-state index in [1.54, 1.807) is 48.5 Å². The van der Waals surface area contributed by atoms with E-state index in [2.05, 4.69) is 21.2 Å². The van der Waals surface area contributed by atoms with Crippen LogP contribution < -0.4 is 16.6 Å². The molecule has 0 radical (unpaired) electrons. The Morgan fingerprint density at radius 2 is 1.66 bits per heavy atom. The van der Waals surface area contributed by atoms with Crippen LogP contribution in [-0.4, -0.2) is 34.5 Å². The minimum absolute atomic E-state index is 0.0250. The highest BCUT2D eigenvalue weighted by Gasteiger charge is 2.27. The zero-order valence-electron chi connectivity index (χ0n) is 19.3. The van der Waals surface area contributed by atoms with Crippen molar-refractivity contribution < 1.29 is 13.2 Å². The Hall–Kier alpha value is -2.72. The van der Waals surface area contributed by atoms with Crippen LogP contribution in [0.15, 0.2) is 62.6 Å². The van der Waals surface area contributed by atoms with Gasteiger partial charge in [-0.3, -0.25) is 18.7 Å². The van der Waals surface area contributed by atoms with Gasteiger partial charge in [0, 0.05) is 16.7 Å². The van der Waals surface area contributed by atoms with Crippen LogP contribution in [0.3, 0.4) is 0 Å². The molecule has 2 aromatic carbocycles. The molecule has 1 aliphatic rings. The van der Waals surface area contributed by atoms with Gasteiger partial charge in [0.1, 0.15) is 6.54 Å². The summed E-state index contributed by atoms with van der Waals surface area (Å²) in [6, 6.07) is 13.7. The number of fused-ring (bicyclic) bond motifs is 1. The number of halogens is 1. The van der Waals surface area contributed by atoms with E-state index in [4.69, 9.17) is 0 Å². The highest BCUT2D eigenvalue weighted by Crippen LogP contribution is 2.24. The lowest BCUT2D eigenvalue weighted by molar-refractivity contribution is -0.116. The first-order chi connectivity index (χ1) is 16.8. The highest BCUT2D eigenvalue weighted by atomic mass is 79.9. The Morgan fingerprint density at radius 1 is 0.971 bits per heavy atom. The number of nitrogens with one attached hydrogen (secondary N) is 1. The third-order valence-corrected chi connectivity index (χ3v) is 9.31. The molecular weight excluding hydrogens is 534 g/mol. The summed E-state index contributed by atoms with van der Waals surface area (Å²) in [5, 5.41) is 2.73. The average molecular weight is 562 g/mol. The summed E-state index contributed by atoms with van der Waals surface area (Å²) < 4.78 is 28.7. The average Bonchev–Trinajstić information content (AvgIpc) is 2.86. The molecule has 0 spiro atoms. The first-order valence-electron chi connectivity index (χ1n) is 11.8. The molecule has 1 aliphatic carbocycles. The van der Waals surface area contributed by atoms with Gasteiger partial charge in [0.15, 0.2) is 9.84 Å². The predicted octanol–water partition coefficient (Wildman–Crippen LogP) is 3.70. The number of benzene rings is 2. The maximum Gasteiger partial charge on any atom is 0.331 e. The number of para-hydroxylation sites is 1. The second-order valence-electron chi connectivity index (χ2n) is 8.88. The van der Waals surface area contributed by atoms with Crippen molar-refractivity contribution in [2.75, 3.05) is 11.1 Å². The van der Waals surface area contributed by atoms with E-state index >= 15 is 0 Å². The van der Waals surface area contributed by atoms with Gasteiger partial charge in [-0.25, -0.2) is 13.2 Å². The quantitative estimate of drug-likeness (QED) is 0.451. The summed E-state index contributed by atoms with van der Waals surface area (Å²) >= 11 is 3.34. The molecular formula is C25H28BrN3O5S. The standard InChI is InChI=1S/C25H28BrN3O5S/c26-18-11-13-19(14-12-18)27-23(30)17-29-22-10-5-4-9-21(22)24(31)28(25(29)32)15-6-16-35(33,34)20-7-2-1-3-8-20/h4-5,9-14,20H,1-3,6-8,15-17H2,(H,27,30). The van der Waals surface area contributed by atoms with Crippen molar-refractivity contribution in [2.24, 2.45) is 0 Å². The molecule has 1 aromatic heterocycles. The van der Waals surface area contributed by atoms with Gasteiger partial charge in [0.05, 0.1) is 21.9 Å². The lowest BCUT2D eigenvalue weighted by Gasteiger charge is -2.21. The van der Waals surface area contributed by atoms with Gasteiger partial charge < -0.3 is 5.32 Å². The molecule has 8 nitrogen and oxygen atoms in total. The molecule has 1 amide bonds. The number of carbonyl (C=O) groups excluding carboxylic acids is 1. The summed E-state index contributed by atoms with van der Waals surface area (Å²) in [7, 11) is -3.28. The number of anilines is 1. The Kier molecular flexibility index (Phi) is 7.91. The Labute approximate surface area is 212 Å². The van der Waals surface area contributed by atoms with E-state index in [0.717, 1.165) is 28.3 Å². The highest BCUT2D eigenvalue weighted by molar-refractivity contribution is 9.10. The fraction of sp³-hybridized carbons (Fsp3) is 0.400. The summed E-state index contributed by atoms with van der Waals surface area (Å²) in [4.78, 5) is 39.1. The summed E-state index contributed by atoms with van der Waals surface area (Å²) in [6.45, 7) is -0.307. The minimum Gasteiger partial charge on any atom is -0.325 e. The third-order valence-electron chi connectivity index (χ3n) is 6.43. The lowest BCUT2D eigenvalue weighted by atomic mass is 10.0. The molecule has 3 aromatic rings. The number of aromatic nitrogens is 2. The van der Waals surface area contributed by atoms with E-state index in [1.807, 2.05) is 0 Å². The van der Waals surface area contributed by atoms with Crippen LogP contribution in [-0.2, 0) is 27.7 Å². The molecule has 1 heterocycles. The molecule has 186 valence electrons. The summed E-state index contributed by atoms with van der Waals surface area (Å²) in [5.41, 5.74) is -0.170. The largest absolute Gasteiger partial charge is 0.331 e. The van der Waals surface area contributed by atoms with Crippen LogP contribution in [0.25, 0.3) is 10.9 Å². The Balaban J connectivity index is 1.57. The van der Waals surface area contributed by atoms with Gasteiger partial charge in [0.25, 0.3) is 5.56 Å². The molecule has 35 heavy (non-hydrogen) atoms. The van der Waals surface area contributed by atoms with Crippen LogP contribution in [0.4, 0.5) is 5.69 Å². The topological polar surface area (TPSA) is 107 Å². The molecule has 0 aliphatic heterocycles. The second kappa shape index (κ2) is 10.9. The molecule has 1 saturated carbocycles. The van der Waals surface area contributed by atoms with Crippen molar-refractivity contribution in [1.82, 2.24) is 9.13 Å². The maximum atomic E-state index is 13.3. The zero-order chi connectivity index (χ0) is 25.0. The molecule has 0 unspecified atom stereocenters. The zero-order valence-corrected chi connectivity index (χ0v) is 21.7. The number of rotatable bonds is 8. The molecule has 10 heteroatoms. The molecule has 4 rings (SSSR count). The van der Waals surface area contributed by atoms with Crippen LogP contribution in [0.2, 0.25) is 0 Å². The number of carbonyl (C=O) groups is 1. The number of hydrogen-bond donors (Lipinski definition) is 1. The fourth-order valence-electron chi connectivity index (χ4n) is 4.61. The third kappa shape index (κ3) is 5.92. The first-order valence-corrected chi connectivity index (χ1v) is 14.3. The molecule has 1 fully saturated rings. The molecule has 0 bridgehead atoms. The van der Waals surface area contributed by atoms with Crippen LogP contribution >= 0.6 is 15.9 Å². The van der Waals surface area contributed by atoms with E-state index in [-0.39, 0.29) is 30.5 Å². The van der Waals surface area contributed by atoms with Gasteiger partial charge >= 0.3 is 5.69 Å². The van der Waals surface area contributed by atoms with Crippen LogP contribution in [0.1, 0.15) is 38.5 Å². The van der Waals surface area contributed by atoms with Crippen molar-refractivity contribution in [2.45, 2.75) is 56.9 Å². The van der Waals surface area contributed by atoms with E-state index in [9.17, 15) is 22.8 Å². The van der Waals surface area contributed by atoms with Crippen LogP contribution in [0.5, 0.6) is 0 Å². The SMILES string of the molecule is O=C(Cn1c(=O)n(CCCS(=O)(=O)C2CCCCC2)c(=O)c2ccccc21)Nc1ccc(Br)cc1. The Bertz CT molecular complexity index is 1440. The summed E-state index contributed by atoms with van der Waals surface area (Å²) in [6.07, 6.45) is 4.42. The Morgan fingerprint density at radius 3 is 2.37 bits per heavy atom. The van der Waals surface area contributed by atoms with Crippen LogP contribution in [0, 0.1) is 0 Å². The number of sulfone groups is 1. The van der Waals surface area contributed by atoms with Crippen molar-refractivity contribution in [1.29, 1.82) is 0 Å². The van der Waals surface area contributed by atoms with E-state index in [1.165, 1.54) is 4.57 Å². The maximum absolute atomic E-state index is 13.3.